The molecule has 1 aromatic heterocycles. The van der Waals surface area contributed by atoms with Gasteiger partial charge in [-0.1, -0.05) is 0 Å². The summed E-state index contributed by atoms with van der Waals surface area (Å²) >= 11 is 0. The van der Waals surface area contributed by atoms with Gasteiger partial charge in [0.15, 0.2) is 0 Å². The van der Waals surface area contributed by atoms with Crippen molar-refractivity contribution in [3.05, 3.63) is 18.3 Å². The highest BCUT2D eigenvalue weighted by atomic mass is 19.4. The number of aromatic nitrogens is 1. The fraction of sp³-hybridized carbons (Fsp3) is 0.545. The molecule has 1 saturated carbocycles. The second-order valence-electron chi connectivity index (χ2n) is 4.31. The lowest BCUT2D eigenvalue weighted by Crippen LogP contribution is -2.31. The Morgan fingerprint density at radius 2 is 2.17 bits per heavy atom. The molecule has 1 aliphatic carbocycles. The van der Waals surface area contributed by atoms with Crippen LogP contribution in [0.25, 0.3) is 0 Å². The summed E-state index contributed by atoms with van der Waals surface area (Å²) < 4.78 is 39.4. The molecular weight excluding hydrogens is 247 g/mol. The Hall–Kier alpha value is -1.50. The first kappa shape index (κ1) is 12.9. The van der Waals surface area contributed by atoms with E-state index in [0.717, 1.165) is 19.0 Å². The first-order valence-corrected chi connectivity index (χ1v) is 5.65. The Labute approximate surface area is 102 Å². The van der Waals surface area contributed by atoms with Gasteiger partial charge >= 0.3 is 6.36 Å². The average molecular weight is 261 g/mol. The molecule has 3 N–H and O–H groups in total. The van der Waals surface area contributed by atoms with E-state index in [-0.39, 0.29) is 11.8 Å². The third-order valence-corrected chi connectivity index (χ3v) is 2.72. The number of pyridine rings is 1. The smallest absolute Gasteiger partial charge is 0.404 e. The molecule has 0 spiro atoms. The monoisotopic (exact) mass is 261 g/mol. The summed E-state index contributed by atoms with van der Waals surface area (Å²) in [5.41, 5.74) is 5.88. The largest absolute Gasteiger partial charge is 0.573 e. The molecule has 1 atom stereocenters. The molecular formula is C11H14F3N3O. The highest BCUT2D eigenvalue weighted by Gasteiger charge is 2.31. The average Bonchev–Trinajstić information content (AvgIpc) is 3.09. The minimum absolute atomic E-state index is 0.0675. The maximum Gasteiger partial charge on any atom is 0.573 e. The van der Waals surface area contributed by atoms with Crippen LogP contribution in [0.15, 0.2) is 18.3 Å². The number of halogens is 3. The van der Waals surface area contributed by atoms with Gasteiger partial charge in [-0.3, -0.25) is 0 Å². The van der Waals surface area contributed by atoms with Gasteiger partial charge in [0.05, 0.1) is 6.20 Å². The molecule has 0 aliphatic heterocycles. The molecule has 2 rings (SSSR count). The Bertz CT molecular complexity index is 390. The van der Waals surface area contributed by atoms with Crippen molar-refractivity contribution in [2.24, 2.45) is 11.7 Å². The topological polar surface area (TPSA) is 60.2 Å². The number of alkyl halides is 3. The third kappa shape index (κ3) is 4.06. The van der Waals surface area contributed by atoms with Crippen molar-refractivity contribution >= 4 is 5.82 Å². The van der Waals surface area contributed by atoms with E-state index >= 15 is 0 Å². The number of nitrogens with two attached hydrogens (primary N) is 1. The Balaban J connectivity index is 1.83. The lowest BCUT2D eigenvalue weighted by Gasteiger charge is -2.12. The van der Waals surface area contributed by atoms with Crippen molar-refractivity contribution in [1.29, 1.82) is 0 Å². The molecule has 18 heavy (non-hydrogen) atoms. The third-order valence-electron chi connectivity index (χ3n) is 2.72. The normalized spacial score (nSPS) is 17.3. The summed E-state index contributed by atoms with van der Waals surface area (Å²) in [6, 6.07) is 2.71. The van der Waals surface area contributed by atoms with Crippen molar-refractivity contribution in [2.45, 2.75) is 25.2 Å². The minimum Gasteiger partial charge on any atom is -0.404 e. The molecule has 0 radical (unpaired) electrons. The van der Waals surface area contributed by atoms with Crippen LogP contribution in [0.4, 0.5) is 19.0 Å². The molecule has 1 aliphatic rings. The van der Waals surface area contributed by atoms with Gasteiger partial charge in [-0.15, -0.1) is 13.2 Å². The lowest BCUT2D eigenvalue weighted by molar-refractivity contribution is -0.274. The Morgan fingerprint density at radius 1 is 1.44 bits per heavy atom. The maximum absolute atomic E-state index is 11.9. The van der Waals surface area contributed by atoms with E-state index < -0.39 is 6.36 Å². The molecule has 1 heterocycles. The summed E-state index contributed by atoms with van der Waals surface area (Å²) in [6.07, 6.45) is -1.37. The Kier molecular flexibility index (Phi) is 3.60. The van der Waals surface area contributed by atoms with Crippen molar-refractivity contribution in [3.8, 4) is 5.75 Å². The van der Waals surface area contributed by atoms with E-state index in [9.17, 15) is 13.2 Å². The van der Waals surface area contributed by atoms with Crippen LogP contribution < -0.4 is 15.8 Å². The number of ether oxygens (including phenoxy) is 1. The van der Waals surface area contributed by atoms with E-state index in [4.69, 9.17) is 5.73 Å². The minimum atomic E-state index is -4.69. The number of nitrogens with zero attached hydrogens (tertiary/aromatic N) is 1. The molecule has 100 valence electrons. The molecule has 1 aromatic rings. The van der Waals surface area contributed by atoms with E-state index in [2.05, 4.69) is 15.0 Å². The van der Waals surface area contributed by atoms with Gasteiger partial charge in [0.25, 0.3) is 0 Å². The fourth-order valence-corrected chi connectivity index (χ4v) is 1.59. The summed E-state index contributed by atoms with van der Waals surface area (Å²) in [4.78, 5) is 3.82. The van der Waals surface area contributed by atoms with Gasteiger partial charge in [0.1, 0.15) is 11.6 Å². The second kappa shape index (κ2) is 5.01. The fourth-order valence-electron chi connectivity index (χ4n) is 1.59. The quantitative estimate of drug-likeness (QED) is 0.852. The summed E-state index contributed by atoms with van der Waals surface area (Å²) in [6.45, 7) is 0.567. The maximum atomic E-state index is 11.9. The zero-order chi connectivity index (χ0) is 13.2. The molecule has 7 heteroatoms. The number of hydrogen-bond donors (Lipinski definition) is 2. The predicted molar refractivity (Wildman–Crippen MR) is 60.1 cm³/mol. The van der Waals surface area contributed by atoms with Crippen LogP contribution in [0.1, 0.15) is 12.8 Å². The zero-order valence-corrected chi connectivity index (χ0v) is 9.57. The molecule has 0 saturated heterocycles. The van der Waals surface area contributed by atoms with Gasteiger partial charge < -0.3 is 15.8 Å². The second-order valence-corrected chi connectivity index (χ2v) is 4.31. The molecule has 1 fully saturated rings. The number of rotatable bonds is 5. The van der Waals surface area contributed by atoms with Gasteiger partial charge in [0.2, 0.25) is 0 Å². The standard InChI is InChI=1S/C11H14F3N3O/c12-11(13,14)18-8-3-4-10(16-5-8)17-6-9(15)7-1-2-7/h3-5,7,9H,1-2,6,15H2,(H,16,17). The summed E-state index contributed by atoms with van der Waals surface area (Å²) in [5, 5.41) is 2.98. The molecule has 0 bridgehead atoms. The van der Waals surface area contributed by atoms with Crippen LogP contribution in [-0.4, -0.2) is 23.9 Å². The van der Waals surface area contributed by atoms with Crippen LogP contribution in [0, 0.1) is 5.92 Å². The van der Waals surface area contributed by atoms with Gasteiger partial charge in [-0.2, -0.15) is 0 Å². The van der Waals surface area contributed by atoms with E-state index in [1.807, 2.05) is 0 Å². The van der Waals surface area contributed by atoms with Crippen LogP contribution in [0.3, 0.4) is 0 Å². The first-order valence-electron chi connectivity index (χ1n) is 5.65. The van der Waals surface area contributed by atoms with Crippen molar-refractivity contribution in [1.82, 2.24) is 4.98 Å². The Morgan fingerprint density at radius 3 is 2.67 bits per heavy atom. The summed E-state index contributed by atoms with van der Waals surface area (Å²) in [5.74, 6) is 0.713. The number of anilines is 1. The van der Waals surface area contributed by atoms with Gasteiger partial charge in [-0.25, -0.2) is 4.98 Å². The van der Waals surface area contributed by atoms with Gasteiger partial charge in [0, 0.05) is 12.6 Å². The van der Waals surface area contributed by atoms with Crippen LogP contribution in [0.5, 0.6) is 5.75 Å². The molecule has 4 nitrogen and oxygen atoms in total. The number of nitrogens with one attached hydrogen (secondary N) is 1. The highest BCUT2D eigenvalue weighted by molar-refractivity contribution is 5.37. The van der Waals surface area contributed by atoms with Crippen molar-refractivity contribution in [3.63, 3.8) is 0 Å². The van der Waals surface area contributed by atoms with Crippen LogP contribution in [0.2, 0.25) is 0 Å². The van der Waals surface area contributed by atoms with Gasteiger partial charge in [-0.05, 0) is 30.9 Å². The van der Waals surface area contributed by atoms with E-state index in [0.29, 0.717) is 18.3 Å². The highest BCUT2D eigenvalue weighted by Crippen LogP contribution is 2.31. The molecule has 0 amide bonds. The van der Waals surface area contributed by atoms with Crippen molar-refractivity contribution < 1.29 is 17.9 Å². The molecule has 1 unspecified atom stereocenters. The number of hydrogen-bond acceptors (Lipinski definition) is 4. The SMILES string of the molecule is NC(CNc1ccc(OC(F)(F)F)cn1)C1CC1. The van der Waals surface area contributed by atoms with Crippen LogP contribution in [-0.2, 0) is 0 Å². The van der Waals surface area contributed by atoms with Crippen molar-refractivity contribution in [2.75, 3.05) is 11.9 Å². The molecule has 0 aromatic carbocycles. The van der Waals surface area contributed by atoms with E-state index in [1.165, 1.54) is 12.1 Å². The van der Waals surface area contributed by atoms with E-state index in [1.54, 1.807) is 0 Å². The lowest BCUT2D eigenvalue weighted by atomic mass is 10.2. The summed E-state index contributed by atoms with van der Waals surface area (Å²) in [7, 11) is 0. The zero-order valence-electron chi connectivity index (χ0n) is 9.57. The van der Waals surface area contributed by atoms with Crippen LogP contribution >= 0.6 is 0 Å². The first-order chi connectivity index (χ1) is 8.44. The predicted octanol–water partition coefficient (Wildman–Crippen LogP) is 2.13.